The fourth-order valence-electron chi connectivity index (χ4n) is 5.04. The molecule has 10 nitrogen and oxygen atoms in total. The zero-order chi connectivity index (χ0) is 26.8. The highest BCUT2D eigenvalue weighted by molar-refractivity contribution is 6.74. The van der Waals surface area contributed by atoms with Crippen molar-refractivity contribution < 1.29 is 18.6 Å². The van der Waals surface area contributed by atoms with Crippen molar-refractivity contribution in [3.05, 3.63) is 41.2 Å². The highest BCUT2D eigenvalue weighted by Gasteiger charge is 2.52. The van der Waals surface area contributed by atoms with Crippen molar-refractivity contribution in [2.45, 2.75) is 83.0 Å². The van der Waals surface area contributed by atoms with Crippen molar-refractivity contribution >= 4 is 31.1 Å². The zero-order valence-electron chi connectivity index (χ0n) is 22.5. The van der Waals surface area contributed by atoms with E-state index < -0.39 is 8.32 Å². The van der Waals surface area contributed by atoms with Crippen LogP contribution >= 0.6 is 11.6 Å². The van der Waals surface area contributed by atoms with E-state index >= 15 is 0 Å². The van der Waals surface area contributed by atoms with Crippen LogP contribution in [0.15, 0.2) is 24.9 Å². The standard InChI is InChI=1S/C26H35ClN6O4Si/c1-7-8-32-18-9-16(27)24(33-12-15-10-28-11-17(15)31-33)29-23(18)30-25(32)36-19-13-34-22-20(14-35-21(19)22)37-38(5,6)26(2,3)4/h7,9,12,19-22,28H,1,8,10-11,13-14H2,2-6H3/t19-,20-,21-,22-/m1/s1. The molecule has 0 saturated carbocycles. The number of hydrogen-bond acceptors (Lipinski definition) is 8. The number of pyridine rings is 1. The fraction of sp³-hybridized carbons (Fsp3) is 0.577. The predicted molar refractivity (Wildman–Crippen MR) is 146 cm³/mol. The third-order valence-corrected chi connectivity index (χ3v) is 12.9. The van der Waals surface area contributed by atoms with Gasteiger partial charge in [0.05, 0.1) is 35.6 Å². The maximum atomic E-state index is 6.69. The molecular formula is C26H35ClN6O4Si. The summed E-state index contributed by atoms with van der Waals surface area (Å²) in [6, 6.07) is 2.29. The molecule has 2 saturated heterocycles. The molecule has 2 fully saturated rings. The van der Waals surface area contributed by atoms with Gasteiger partial charge in [-0.1, -0.05) is 38.4 Å². The number of rotatable bonds is 7. The Morgan fingerprint density at radius 3 is 2.63 bits per heavy atom. The lowest BCUT2D eigenvalue weighted by Gasteiger charge is -2.39. The number of nitrogens with one attached hydrogen (secondary N) is 1. The number of imidazole rings is 1. The average molecular weight is 559 g/mol. The van der Waals surface area contributed by atoms with Gasteiger partial charge in [-0.3, -0.25) is 4.57 Å². The third kappa shape index (κ3) is 4.39. The number of nitrogens with zero attached hydrogens (tertiary/aromatic N) is 5. The Labute approximate surface area is 228 Å². The van der Waals surface area contributed by atoms with Gasteiger partial charge in [0.1, 0.15) is 12.2 Å². The van der Waals surface area contributed by atoms with Gasteiger partial charge in [0, 0.05) is 31.4 Å². The molecule has 0 aromatic carbocycles. The van der Waals surface area contributed by atoms with Crippen LogP contribution in [0.1, 0.15) is 32.0 Å². The summed E-state index contributed by atoms with van der Waals surface area (Å²) < 4.78 is 29.1. The van der Waals surface area contributed by atoms with Crippen LogP contribution in [0.5, 0.6) is 6.01 Å². The quantitative estimate of drug-likeness (QED) is 0.343. The molecule has 0 unspecified atom stereocenters. The molecule has 3 aliphatic heterocycles. The van der Waals surface area contributed by atoms with Crippen LogP contribution in [0.4, 0.5) is 0 Å². The zero-order valence-corrected chi connectivity index (χ0v) is 24.3. The van der Waals surface area contributed by atoms with Gasteiger partial charge in [0.15, 0.2) is 25.9 Å². The number of halogens is 1. The average Bonchev–Trinajstić information content (AvgIpc) is 3.63. The van der Waals surface area contributed by atoms with Crippen LogP contribution in [0, 0.1) is 0 Å². The number of aromatic nitrogens is 5. The first-order chi connectivity index (χ1) is 18.1. The molecular weight excluding hydrogens is 524 g/mol. The molecule has 1 N–H and O–H groups in total. The van der Waals surface area contributed by atoms with E-state index in [-0.39, 0.29) is 29.5 Å². The second-order valence-electron chi connectivity index (χ2n) is 11.7. The lowest BCUT2D eigenvalue weighted by Crippen LogP contribution is -2.47. The molecule has 0 radical (unpaired) electrons. The Bertz CT molecular complexity index is 1360. The molecule has 3 aliphatic rings. The van der Waals surface area contributed by atoms with E-state index in [4.69, 9.17) is 40.2 Å². The molecule has 0 bridgehead atoms. The Hall–Kier alpha value is -2.28. The summed E-state index contributed by atoms with van der Waals surface area (Å²) >= 11 is 6.69. The monoisotopic (exact) mass is 558 g/mol. The molecule has 12 heteroatoms. The highest BCUT2D eigenvalue weighted by Crippen LogP contribution is 2.40. The summed E-state index contributed by atoms with van der Waals surface area (Å²) in [5.41, 5.74) is 3.44. The smallest absolute Gasteiger partial charge is 0.299 e. The first-order valence-electron chi connectivity index (χ1n) is 13.1. The molecule has 4 atom stereocenters. The highest BCUT2D eigenvalue weighted by atomic mass is 35.5. The van der Waals surface area contributed by atoms with Gasteiger partial charge in [0.25, 0.3) is 6.01 Å². The van der Waals surface area contributed by atoms with E-state index in [0.717, 1.165) is 29.9 Å². The van der Waals surface area contributed by atoms with Crippen molar-refractivity contribution in [3.8, 4) is 11.8 Å². The lowest BCUT2D eigenvalue weighted by atomic mass is 10.1. The molecule has 6 rings (SSSR count). The molecule has 6 heterocycles. The number of allylic oxidation sites excluding steroid dienone is 1. The Morgan fingerprint density at radius 2 is 1.92 bits per heavy atom. The summed E-state index contributed by atoms with van der Waals surface area (Å²) in [6.07, 6.45) is 2.95. The second-order valence-corrected chi connectivity index (χ2v) is 16.9. The molecule has 38 heavy (non-hydrogen) atoms. The molecule has 3 aromatic rings. The predicted octanol–water partition coefficient (Wildman–Crippen LogP) is 4.00. The Kier molecular flexibility index (Phi) is 6.44. The summed E-state index contributed by atoms with van der Waals surface area (Å²) in [6.45, 7) is 18.0. The first kappa shape index (κ1) is 26.0. The molecule has 0 aliphatic carbocycles. The summed E-state index contributed by atoms with van der Waals surface area (Å²) in [4.78, 5) is 9.51. The third-order valence-electron chi connectivity index (χ3n) is 8.13. The molecule has 204 valence electrons. The topological polar surface area (TPSA) is 97.5 Å². The van der Waals surface area contributed by atoms with Crippen molar-refractivity contribution in [1.82, 2.24) is 29.6 Å². The lowest BCUT2D eigenvalue weighted by molar-refractivity contribution is 0.0105. The first-order valence-corrected chi connectivity index (χ1v) is 16.4. The largest absolute Gasteiger partial charge is 0.456 e. The Morgan fingerprint density at radius 1 is 1.18 bits per heavy atom. The summed E-state index contributed by atoms with van der Waals surface area (Å²) in [7, 11) is -1.97. The molecule has 0 amide bonds. The van der Waals surface area contributed by atoms with Gasteiger partial charge >= 0.3 is 0 Å². The minimum Gasteiger partial charge on any atom is -0.456 e. The van der Waals surface area contributed by atoms with E-state index in [2.05, 4.69) is 50.9 Å². The van der Waals surface area contributed by atoms with Crippen LogP contribution in [0.25, 0.3) is 17.0 Å². The van der Waals surface area contributed by atoms with E-state index in [0.29, 0.717) is 42.3 Å². The van der Waals surface area contributed by atoms with Gasteiger partial charge in [0.2, 0.25) is 0 Å². The summed E-state index contributed by atoms with van der Waals surface area (Å²) in [5.74, 6) is 0.539. The van der Waals surface area contributed by atoms with E-state index in [1.165, 1.54) is 0 Å². The van der Waals surface area contributed by atoms with Gasteiger partial charge in [-0.25, -0.2) is 9.67 Å². The molecule has 3 aromatic heterocycles. The van der Waals surface area contributed by atoms with Crippen LogP contribution in [0.3, 0.4) is 0 Å². The SMILES string of the molecule is C=CCn1c(O[C@@H]2CO[C@H]3[C@@H]2OC[C@H]3O[Si](C)(C)C(C)(C)C)nc2nc(-n3cc4c(n3)CNC4)c(Cl)cc21. The normalized spacial score (nSPS) is 25.2. The summed E-state index contributed by atoms with van der Waals surface area (Å²) in [5, 5.41) is 8.52. The van der Waals surface area contributed by atoms with Crippen molar-refractivity contribution in [3.63, 3.8) is 0 Å². The number of fused-ring (bicyclic) bond motifs is 3. The van der Waals surface area contributed by atoms with Crippen molar-refractivity contribution in [1.29, 1.82) is 0 Å². The van der Waals surface area contributed by atoms with Gasteiger partial charge < -0.3 is 24.0 Å². The van der Waals surface area contributed by atoms with E-state index in [1.54, 1.807) is 10.8 Å². The second kappa shape index (κ2) is 9.42. The minimum absolute atomic E-state index is 0.101. The number of hydrogen-bond donors (Lipinski definition) is 1. The Balaban J connectivity index is 1.25. The van der Waals surface area contributed by atoms with Gasteiger partial charge in [-0.15, -0.1) is 6.58 Å². The van der Waals surface area contributed by atoms with Crippen LogP contribution in [0.2, 0.25) is 23.2 Å². The van der Waals surface area contributed by atoms with Gasteiger partial charge in [-0.2, -0.15) is 10.1 Å². The van der Waals surface area contributed by atoms with E-state index in [1.807, 2.05) is 16.8 Å². The molecule has 0 spiro atoms. The fourth-order valence-corrected chi connectivity index (χ4v) is 6.58. The van der Waals surface area contributed by atoms with Crippen LogP contribution in [-0.2, 0) is 33.5 Å². The maximum Gasteiger partial charge on any atom is 0.299 e. The van der Waals surface area contributed by atoms with E-state index in [9.17, 15) is 0 Å². The van der Waals surface area contributed by atoms with Crippen LogP contribution < -0.4 is 10.1 Å². The van der Waals surface area contributed by atoms with Crippen LogP contribution in [-0.4, -0.2) is 70.3 Å². The minimum atomic E-state index is -1.97. The maximum absolute atomic E-state index is 6.69. The van der Waals surface area contributed by atoms with Crippen molar-refractivity contribution in [2.24, 2.45) is 0 Å². The van der Waals surface area contributed by atoms with Crippen molar-refractivity contribution in [2.75, 3.05) is 13.2 Å². The van der Waals surface area contributed by atoms with Gasteiger partial charge in [-0.05, 0) is 24.2 Å². The number of ether oxygens (including phenoxy) is 3.